The van der Waals surface area contributed by atoms with Crippen molar-refractivity contribution in [1.29, 1.82) is 0 Å². The minimum atomic E-state index is -0.873. The fourth-order valence-corrected chi connectivity index (χ4v) is 4.33. The number of nitrogens with one attached hydrogen (secondary N) is 1. The first-order chi connectivity index (χ1) is 17.2. The van der Waals surface area contributed by atoms with Crippen LogP contribution in [-0.2, 0) is 22.6 Å². The van der Waals surface area contributed by atoms with Crippen molar-refractivity contribution >= 4 is 39.3 Å². The second-order valence-corrected chi connectivity index (χ2v) is 10.1. The summed E-state index contributed by atoms with van der Waals surface area (Å²) in [7, 11) is 0. The van der Waals surface area contributed by atoms with Gasteiger partial charge in [0.15, 0.2) is 6.61 Å². The molecule has 190 valence electrons. The van der Waals surface area contributed by atoms with Gasteiger partial charge in [0.25, 0.3) is 5.91 Å². The van der Waals surface area contributed by atoms with Gasteiger partial charge in [-0.3, -0.25) is 9.59 Å². The molecule has 0 spiro atoms. The van der Waals surface area contributed by atoms with Crippen LogP contribution >= 0.6 is 27.5 Å². The average Bonchev–Trinajstić information content (AvgIpc) is 2.85. The summed E-state index contributed by atoms with van der Waals surface area (Å²) < 4.78 is 21.1. The van der Waals surface area contributed by atoms with E-state index in [1.807, 2.05) is 44.2 Å². The molecule has 8 heteroatoms. The zero-order valence-electron chi connectivity index (χ0n) is 20.2. The first-order valence-corrected chi connectivity index (χ1v) is 12.8. The van der Waals surface area contributed by atoms with Crippen molar-refractivity contribution in [3.8, 4) is 5.75 Å². The summed E-state index contributed by atoms with van der Waals surface area (Å²) in [5.74, 6) is -0.655. The maximum Gasteiger partial charge on any atom is 0.261 e. The number of nitrogens with zero attached hydrogens (tertiary/aromatic N) is 1. The van der Waals surface area contributed by atoms with Gasteiger partial charge in [-0.25, -0.2) is 4.39 Å². The molecule has 2 amide bonds. The van der Waals surface area contributed by atoms with E-state index in [2.05, 4.69) is 21.2 Å². The summed E-state index contributed by atoms with van der Waals surface area (Å²) in [6, 6.07) is 19.8. The number of hydrogen-bond acceptors (Lipinski definition) is 3. The SMILES string of the molecule is CC(C)CNC(=O)[C@@H](Cc1ccccc1)N(Cc1ccccc1F)C(=O)COc1ccc(Br)cc1Cl. The number of benzene rings is 3. The molecule has 0 saturated heterocycles. The number of carbonyl (C=O) groups is 2. The molecule has 0 saturated carbocycles. The van der Waals surface area contributed by atoms with E-state index in [-0.39, 0.29) is 31.4 Å². The highest BCUT2D eigenvalue weighted by Gasteiger charge is 2.31. The Kier molecular flexibility index (Phi) is 10.3. The molecule has 36 heavy (non-hydrogen) atoms. The van der Waals surface area contributed by atoms with Gasteiger partial charge in [-0.15, -0.1) is 0 Å². The van der Waals surface area contributed by atoms with E-state index in [9.17, 15) is 14.0 Å². The van der Waals surface area contributed by atoms with Crippen molar-refractivity contribution in [2.24, 2.45) is 5.92 Å². The van der Waals surface area contributed by atoms with E-state index < -0.39 is 17.8 Å². The van der Waals surface area contributed by atoms with Gasteiger partial charge in [-0.2, -0.15) is 0 Å². The number of halogens is 3. The van der Waals surface area contributed by atoms with E-state index in [1.54, 1.807) is 36.4 Å². The fraction of sp³-hybridized carbons (Fsp3) is 0.286. The summed E-state index contributed by atoms with van der Waals surface area (Å²) in [5, 5.41) is 3.27. The van der Waals surface area contributed by atoms with Gasteiger partial charge in [0, 0.05) is 29.5 Å². The molecule has 0 aromatic heterocycles. The van der Waals surface area contributed by atoms with Gasteiger partial charge in [0.05, 0.1) is 5.02 Å². The molecular weight excluding hydrogens is 547 g/mol. The largest absolute Gasteiger partial charge is 0.482 e. The normalized spacial score (nSPS) is 11.7. The number of hydrogen-bond donors (Lipinski definition) is 1. The van der Waals surface area contributed by atoms with Gasteiger partial charge >= 0.3 is 0 Å². The maximum atomic E-state index is 14.6. The third-order valence-electron chi connectivity index (χ3n) is 5.50. The summed E-state index contributed by atoms with van der Waals surface area (Å²) in [6.07, 6.45) is 0.268. The van der Waals surface area contributed by atoms with Crippen LogP contribution in [0, 0.1) is 11.7 Å². The van der Waals surface area contributed by atoms with Crippen molar-refractivity contribution < 1.29 is 18.7 Å². The molecule has 1 atom stereocenters. The van der Waals surface area contributed by atoms with Crippen LogP contribution in [0.4, 0.5) is 4.39 Å². The lowest BCUT2D eigenvalue weighted by Gasteiger charge is -2.32. The topological polar surface area (TPSA) is 58.6 Å². The first-order valence-electron chi connectivity index (χ1n) is 11.7. The molecule has 0 aliphatic carbocycles. The smallest absolute Gasteiger partial charge is 0.261 e. The van der Waals surface area contributed by atoms with Crippen LogP contribution in [0.3, 0.4) is 0 Å². The van der Waals surface area contributed by atoms with Crippen molar-refractivity contribution in [1.82, 2.24) is 10.2 Å². The van der Waals surface area contributed by atoms with Crippen molar-refractivity contribution in [2.45, 2.75) is 32.9 Å². The quantitative estimate of drug-likeness (QED) is 0.304. The summed E-state index contributed by atoms with van der Waals surface area (Å²) in [5.41, 5.74) is 1.19. The molecule has 0 aliphatic rings. The van der Waals surface area contributed by atoms with Gasteiger partial charge in [-0.05, 0) is 35.7 Å². The Bertz CT molecular complexity index is 1180. The van der Waals surface area contributed by atoms with Gasteiger partial charge in [0.2, 0.25) is 5.91 Å². The second kappa shape index (κ2) is 13.4. The molecule has 3 rings (SSSR count). The predicted molar refractivity (Wildman–Crippen MR) is 143 cm³/mol. The number of amides is 2. The molecule has 0 fully saturated rings. The van der Waals surface area contributed by atoms with Crippen molar-refractivity contribution in [3.63, 3.8) is 0 Å². The van der Waals surface area contributed by atoms with Crippen LogP contribution in [0.2, 0.25) is 5.02 Å². The number of rotatable bonds is 11. The lowest BCUT2D eigenvalue weighted by molar-refractivity contribution is -0.142. The molecule has 3 aromatic rings. The fourth-order valence-electron chi connectivity index (χ4n) is 3.60. The lowest BCUT2D eigenvalue weighted by Crippen LogP contribution is -2.52. The molecule has 0 bridgehead atoms. The highest BCUT2D eigenvalue weighted by molar-refractivity contribution is 9.10. The second-order valence-electron chi connectivity index (χ2n) is 8.82. The third kappa shape index (κ3) is 8.07. The molecule has 0 radical (unpaired) electrons. The van der Waals surface area contributed by atoms with E-state index in [1.165, 1.54) is 11.0 Å². The Morgan fingerprint density at radius 1 is 1.06 bits per heavy atom. The standard InChI is InChI=1S/C28H29BrClFN2O3/c1-19(2)16-32-28(35)25(14-20-8-4-3-5-9-20)33(17-21-10-6-7-11-24(21)31)27(34)18-36-26-13-12-22(29)15-23(26)30/h3-13,15,19,25H,14,16-18H2,1-2H3,(H,32,35)/t25-/m1/s1. The minimum Gasteiger partial charge on any atom is -0.482 e. The Morgan fingerprint density at radius 2 is 1.75 bits per heavy atom. The van der Waals surface area contributed by atoms with Crippen LogP contribution in [-0.4, -0.2) is 35.9 Å². The monoisotopic (exact) mass is 574 g/mol. The van der Waals surface area contributed by atoms with Crippen LogP contribution in [0.15, 0.2) is 77.3 Å². The first kappa shape index (κ1) is 27.7. The van der Waals surface area contributed by atoms with Gasteiger partial charge in [0.1, 0.15) is 17.6 Å². The van der Waals surface area contributed by atoms with E-state index >= 15 is 0 Å². The summed E-state index contributed by atoms with van der Waals surface area (Å²) in [6.45, 7) is 3.99. The Balaban J connectivity index is 1.92. The predicted octanol–water partition coefficient (Wildman–Crippen LogP) is 6.03. The molecule has 5 nitrogen and oxygen atoms in total. The molecule has 0 unspecified atom stereocenters. The van der Waals surface area contributed by atoms with Gasteiger partial charge in [-0.1, -0.05) is 89.9 Å². The van der Waals surface area contributed by atoms with Crippen molar-refractivity contribution in [3.05, 3.63) is 99.2 Å². The van der Waals surface area contributed by atoms with E-state index in [0.29, 0.717) is 22.9 Å². The Hall–Kier alpha value is -2.90. The molecule has 0 aliphatic heterocycles. The van der Waals surface area contributed by atoms with Crippen LogP contribution in [0.1, 0.15) is 25.0 Å². The lowest BCUT2D eigenvalue weighted by atomic mass is 10.0. The summed E-state index contributed by atoms with van der Waals surface area (Å²) in [4.78, 5) is 28.3. The minimum absolute atomic E-state index is 0.0878. The van der Waals surface area contributed by atoms with Crippen molar-refractivity contribution in [2.75, 3.05) is 13.2 Å². The van der Waals surface area contributed by atoms with Crippen LogP contribution in [0.25, 0.3) is 0 Å². The van der Waals surface area contributed by atoms with Crippen LogP contribution in [0.5, 0.6) is 5.75 Å². The molecular formula is C28H29BrClFN2O3. The summed E-state index contributed by atoms with van der Waals surface area (Å²) >= 11 is 9.58. The number of ether oxygens (including phenoxy) is 1. The Labute approximate surface area is 224 Å². The zero-order chi connectivity index (χ0) is 26.1. The van der Waals surface area contributed by atoms with E-state index in [0.717, 1.165) is 10.0 Å². The average molecular weight is 576 g/mol. The zero-order valence-corrected chi connectivity index (χ0v) is 22.6. The highest BCUT2D eigenvalue weighted by atomic mass is 79.9. The number of carbonyl (C=O) groups excluding carboxylic acids is 2. The van der Waals surface area contributed by atoms with Crippen LogP contribution < -0.4 is 10.1 Å². The molecule has 1 N–H and O–H groups in total. The van der Waals surface area contributed by atoms with Gasteiger partial charge < -0.3 is 15.0 Å². The maximum absolute atomic E-state index is 14.6. The van der Waals surface area contributed by atoms with E-state index in [4.69, 9.17) is 16.3 Å². The Morgan fingerprint density at radius 3 is 2.42 bits per heavy atom. The third-order valence-corrected chi connectivity index (χ3v) is 6.29. The molecule has 0 heterocycles. The molecule has 3 aromatic carbocycles. The highest BCUT2D eigenvalue weighted by Crippen LogP contribution is 2.28.